The minimum absolute atomic E-state index is 0.0648. The molecule has 0 unspecified atom stereocenters. The molecule has 124 valence electrons. The summed E-state index contributed by atoms with van der Waals surface area (Å²) in [5.74, 6) is 1.15. The summed E-state index contributed by atoms with van der Waals surface area (Å²) >= 11 is 2.95. The van der Waals surface area contributed by atoms with Crippen molar-refractivity contribution in [2.75, 3.05) is 25.9 Å². The highest BCUT2D eigenvalue weighted by atomic mass is 32.2. The zero-order valence-electron chi connectivity index (χ0n) is 13.0. The molecule has 8 heteroatoms. The van der Waals surface area contributed by atoms with Gasteiger partial charge in [0.2, 0.25) is 5.91 Å². The van der Waals surface area contributed by atoms with E-state index in [-0.39, 0.29) is 11.5 Å². The zero-order chi connectivity index (χ0) is 16.2. The maximum Gasteiger partial charge on any atom is 0.258 e. The Labute approximate surface area is 142 Å². The predicted molar refractivity (Wildman–Crippen MR) is 94.2 cm³/mol. The first-order chi connectivity index (χ1) is 11.1. The van der Waals surface area contributed by atoms with Crippen LogP contribution in [0.5, 0.6) is 0 Å². The summed E-state index contributed by atoms with van der Waals surface area (Å²) in [4.78, 5) is 31.2. The minimum Gasteiger partial charge on any atom is -0.342 e. The van der Waals surface area contributed by atoms with Crippen molar-refractivity contribution in [3.05, 3.63) is 33.7 Å². The molecule has 2 aromatic heterocycles. The topological polar surface area (TPSA) is 66.7 Å². The second-order valence-corrected chi connectivity index (χ2v) is 7.48. The van der Waals surface area contributed by atoms with Crippen LogP contribution >= 0.6 is 23.1 Å². The molecule has 0 atom stereocenters. The van der Waals surface area contributed by atoms with Gasteiger partial charge < -0.3 is 10.2 Å². The molecule has 0 spiro atoms. The summed E-state index contributed by atoms with van der Waals surface area (Å²) in [6.07, 6.45) is 3.75. The highest BCUT2D eigenvalue weighted by Gasteiger charge is 2.21. The Morgan fingerprint density at radius 2 is 2.30 bits per heavy atom. The number of nitrogens with zero attached hydrogens (tertiary/aromatic N) is 3. The smallest absolute Gasteiger partial charge is 0.258 e. The third-order valence-electron chi connectivity index (χ3n) is 4.08. The van der Waals surface area contributed by atoms with Crippen molar-refractivity contribution in [3.8, 4) is 0 Å². The number of carbonyl (C=O) groups is 1. The van der Waals surface area contributed by atoms with Crippen LogP contribution in [-0.2, 0) is 10.5 Å². The van der Waals surface area contributed by atoms with Crippen LogP contribution in [0.3, 0.4) is 0 Å². The Balaban J connectivity index is 1.53. The summed E-state index contributed by atoms with van der Waals surface area (Å²) < 4.78 is 1.54. The number of thioether (sulfide) groups is 1. The van der Waals surface area contributed by atoms with E-state index < -0.39 is 0 Å². The Hall–Kier alpha value is -1.38. The molecule has 0 aromatic carbocycles. The van der Waals surface area contributed by atoms with Gasteiger partial charge in [-0.25, -0.2) is 4.98 Å². The number of piperidine rings is 1. The van der Waals surface area contributed by atoms with Gasteiger partial charge in [0.05, 0.1) is 11.4 Å². The molecule has 3 heterocycles. The van der Waals surface area contributed by atoms with Crippen LogP contribution in [0.25, 0.3) is 4.96 Å². The van der Waals surface area contributed by atoms with E-state index in [0.29, 0.717) is 22.5 Å². The molecule has 0 bridgehead atoms. The molecule has 3 rings (SSSR count). The van der Waals surface area contributed by atoms with Crippen molar-refractivity contribution in [1.82, 2.24) is 19.6 Å². The number of rotatable bonds is 5. The summed E-state index contributed by atoms with van der Waals surface area (Å²) in [6.45, 7) is 1.95. The van der Waals surface area contributed by atoms with E-state index in [1.54, 1.807) is 12.3 Å². The van der Waals surface area contributed by atoms with E-state index >= 15 is 0 Å². The van der Waals surface area contributed by atoms with E-state index in [1.807, 2.05) is 17.3 Å². The molecular formula is C15H20N4O2S2. The van der Waals surface area contributed by atoms with Crippen LogP contribution < -0.4 is 10.9 Å². The molecule has 2 aromatic rings. The van der Waals surface area contributed by atoms with E-state index in [0.717, 1.165) is 31.6 Å². The highest BCUT2D eigenvalue weighted by Crippen LogP contribution is 2.15. The van der Waals surface area contributed by atoms with E-state index in [9.17, 15) is 9.59 Å². The fraction of sp³-hybridized carbons (Fsp3) is 0.533. The molecule has 1 amide bonds. The van der Waals surface area contributed by atoms with Gasteiger partial charge in [-0.05, 0) is 25.9 Å². The van der Waals surface area contributed by atoms with Gasteiger partial charge in [-0.3, -0.25) is 14.0 Å². The van der Waals surface area contributed by atoms with Crippen molar-refractivity contribution in [2.24, 2.45) is 0 Å². The van der Waals surface area contributed by atoms with Crippen LogP contribution in [-0.4, -0.2) is 52.1 Å². The Kier molecular flexibility index (Phi) is 5.34. The number of hydrogen-bond acceptors (Lipinski definition) is 6. The number of aromatic nitrogens is 2. The van der Waals surface area contributed by atoms with Crippen LogP contribution in [0.1, 0.15) is 18.5 Å². The van der Waals surface area contributed by atoms with Crippen LogP contribution in [0.2, 0.25) is 0 Å². The van der Waals surface area contributed by atoms with E-state index in [2.05, 4.69) is 10.3 Å². The van der Waals surface area contributed by atoms with Crippen molar-refractivity contribution >= 4 is 34.0 Å². The number of thiazole rings is 1. The van der Waals surface area contributed by atoms with Crippen LogP contribution in [0.15, 0.2) is 22.4 Å². The first kappa shape index (κ1) is 16.5. The number of carbonyl (C=O) groups excluding carboxylic acids is 1. The van der Waals surface area contributed by atoms with Crippen molar-refractivity contribution < 1.29 is 4.79 Å². The maximum atomic E-state index is 12.3. The van der Waals surface area contributed by atoms with Gasteiger partial charge in [-0.2, -0.15) is 0 Å². The lowest BCUT2D eigenvalue weighted by atomic mass is 10.1. The lowest BCUT2D eigenvalue weighted by molar-refractivity contribution is -0.129. The van der Waals surface area contributed by atoms with E-state index in [1.165, 1.54) is 27.5 Å². The predicted octanol–water partition coefficient (Wildman–Crippen LogP) is 1.20. The second-order valence-electron chi connectivity index (χ2n) is 5.62. The summed E-state index contributed by atoms with van der Waals surface area (Å²) in [6, 6.07) is 1.89. The lowest BCUT2D eigenvalue weighted by Crippen LogP contribution is -2.44. The monoisotopic (exact) mass is 352 g/mol. The SMILES string of the molecule is CN(C(=O)CSCc1cc(=O)n2ccsc2n1)C1CCNCC1. The molecule has 0 aliphatic carbocycles. The first-order valence-electron chi connectivity index (χ1n) is 7.65. The second kappa shape index (κ2) is 7.46. The highest BCUT2D eigenvalue weighted by molar-refractivity contribution is 7.99. The molecule has 1 aliphatic heterocycles. The van der Waals surface area contributed by atoms with Gasteiger partial charge in [0.25, 0.3) is 5.56 Å². The van der Waals surface area contributed by atoms with Crippen molar-refractivity contribution in [1.29, 1.82) is 0 Å². The average molecular weight is 352 g/mol. The number of amides is 1. The Bertz CT molecular complexity index is 736. The molecule has 1 N–H and O–H groups in total. The van der Waals surface area contributed by atoms with Crippen molar-refractivity contribution in [2.45, 2.75) is 24.6 Å². The molecule has 1 aliphatic rings. The van der Waals surface area contributed by atoms with Gasteiger partial charge in [-0.15, -0.1) is 23.1 Å². The Morgan fingerprint density at radius 3 is 3.09 bits per heavy atom. The normalized spacial score (nSPS) is 15.9. The van der Waals surface area contributed by atoms with Gasteiger partial charge in [0.1, 0.15) is 0 Å². The molecule has 23 heavy (non-hydrogen) atoms. The molecule has 1 saturated heterocycles. The van der Waals surface area contributed by atoms with Crippen LogP contribution in [0, 0.1) is 0 Å². The fourth-order valence-electron chi connectivity index (χ4n) is 2.70. The largest absolute Gasteiger partial charge is 0.342 e. The fourth-order valence-corrected chi connectivity index (χ4v) is 4.28. The lowest BCUT2D eigenvalue weighted by Gasteiger charge is -2.31. The van der Waals surface area contributed by atoms with E-state index in [4.69, 9.17) is 0 Å². The zero-order valence-corrected chi connectivity index (χ0v) is 14.7. The number of nitrogens with one attached hydrogen (secondary N) is 1. The third kappa shape index (κ3) is 3.94. The molecule has 0 radical (unpaired) electrons. The quantitative estimate of drug-likeness (QED) is 0.876. The van der Waals surface area contributed by atoms with Gasteiger partial charge in [-0.1, -0.05) is 0 Å². The molecule has 0 saturated carbocycles. The standard InChI is InChI=1S/C15H20N4O2S2/c1-18(12-2-4-16-5-3-12)14(21)10-22-9-11-8-13(20)19-6-7-23-15(19)17-11/h6-8,12,16H,2-5,9-10H2,1H3. The van der Waals surface area contributed by atoms with Gasteiger partial charge in [0, 0.05) is 36.5 Å². The maximum absolute atomic E-state index is 12.3. The minimum atomic E-state index is -0.0648. The first-order valence-corrected chi connectivity index (χ1v) is 9.68. The summed E-state index contributed by atoms with van der Waals surface area (Å²) in [5.41, 5.74) is 0.671. The summed E-state index contributed by atoms with van der Waals surface area (Å²) in [7, 11) is 1.89. The average Bonchev–Trinajstić information content (AvgIpc) is 3.04. The van der Waals surface area contributed by atoms with Gasteiger partial charge >= 0.3 is 0 Å². The number of fused-ring (bicyclic) bond motifs is 1. The molecular weight excluding hydrogens is 332 g/mol. The Morgan fingerprint density at radius 1 is 1.52 bits per heavy atom. The van der Waals surface area contributed by atoms with Crippen LogP contribution in [0.4, 0.5) is 0 Å². The molecule has 1 fully saturated rings. The van der Waals surface area contributed by atoms with Gasteiger partial charge in [0.15, 0.2) is 4.96 Å². The van der Waals surface area contributed by atoms with Crippen molar-refractivity contribution in [3.63, 3.8) is 0 Å². The summed E-state index contributed by atoms with van der Waals surface area (Å²) in [5, 5.41) is 5.15. The third-order valence-corrected chi connectivity index (χ3v) is 5.79. The molecule has 6 nitrogen and oxygen atoms in total. The number of hydrogen-bond donors (Lipinski definition) is 1.